The van der Waals surface area contributed by atoms with Crippen LogP contribution in [0.2, 0.25) is 0 Å². The topological polar surface area (TPSA) is 0 Å². The summed E-state index contributed by atoms with van der Waals surface area (Å²) >= 11 is 0. The first-order valence-corrected chi connectivity index (χ1v) is 9.84. The molecular weight excluding hydrogens is 252 g/mol. The molecule has 0 rings (SSSR count). The lowest BCUT2D eigenvalue weighted by atomic mass is 9.80. The summed E-state index contributed by atoms with van der Waals surface area (Å²) in [6.07, 6.45) is 9.84. The van der Waals surface area contributed by atoms with Gasteiger partial charge in [-0.25, -0.2) is 0 Å². The van der Waals surface area contributed by atoms with Gasteiger partial charge in [0.1, 0.15) is 0 Å². The van der Waals surface area contributed by atoms with E-state index in [1.54, 1.807) is 0 Å². The fraction of sp³-hybridized carbons (Fsp3) is 1.00. The van der Waals surface area contributed by atoms with Crippen LogP contribution in [0.1, 0.15) is 100 Å². The summed E-state index contributed by atoms with van der Waals surface area (Å²) < 4.78 is 0. The number of hydrogen-bond acceptors (Lipinski definition) is 0. The van der Waals surface area contributed by atoms with E-state index in [1.165, 1.54) is 44.9 Å². The van der Waals surface area contributed by atoms with Gasteiger partial charge in [0, 0.05) is 0 Å². The predicted molar refractivity (Wildman–Crippen MR) is 98.7 cm³/mol. The van der Waals surface area contributed by atoms with E-state index in [0.717, 1.165) is 35.5 Å². The van der Waals surface area contributed by atoms with Crippen molar-refractivity contribution in [3.05, 3.63) is 0 Å². The van der Waals surface area contributed by atoms with Crippen molar-refractivity contribution in [2.75, 3.05) is 0 Å². The minimum absolute atomic E-state index is 0.886. The summed E-state index contributed by atoms with van der Waals surface area (Å²) in [6.45, 7) is 19.3. The predicted octanol–water partition coefficient (Wildman–Crippen LogP) is 7.57. The number of rotatable bonds is 12. The van der Waals surface area contributed by atoms with Crippen molar-refractivity contribution in [3.63, 3.8) is 0 Å². The van der Waals surface area contributed by atoms with Crippen LogP contribution in [0.25, 0.3) is 0 Å². The van der Waals surface area contributed by atoms with E-state index >= 15 is 0 Å². The Kier molecular flexibility index (Phi) is 11.6. The number of unbranched alkanes of at least 4 members (excludes halogenated alkanes) is 2. The van der Waals surface area contributed by atoms with Crippen LogP contribution in [0.15, 0.2) is 0 Å². The lowest BCUT2D eigenvalue weighted by Gasteiger charge is -2.26. The molecule has 0 radical (unpaired) electrons. The molecule has 6 atom stereocenters. The Bertz CT molecular complexity index is 208. The zero-order valence-corrected chi connectivity index (χ0v) is 16.4. The normalized spacial score (nSPS) is 20.6. The molecule has 0 bridgehead atoms. The molecule has 0 aliphatic carbocycles. The maximum Gasteiger partial charge on any atom is -0.0391 e. The molecule has 0 spiro atoms. The van der Waals surface area contributed by atoms with Crippen molar-refractivity contribution < 1.29 is 0 Å². The van der Waals surface area contributed by atoms with E-state index in [-0.39, 0.29) is 0 Å². The Hall–Kier alpha value is 0. The van der Waals surface area contributed by atoms with Gasteiger partial charge in [0.15, 0.2) is 0 Å². The minimum Gasteiger partial charge on any atom is -0.0651 e. The Morgan fingerprint density at radius 2 is 0.810 bits per heavy atom. The highest BCUT2D eigenvalue weighted by Gasteiger charge is 2.18. The lowest BCUT2D eigenvalue weighted by molar-refractivity contribution is 0.244. The van der Waals surface area contributed by atoms with Gasteiger partial charge in [-0.05, 0) is 35.5 Å². The quantitative estimate of drug-likeness (QED) is 0.326. The molecule has 6 unspecified atom stereocenters. The molecule has 0 aliphatic heterocycles. The van der Waals surface area contributed by atoms with E-state index in [4.69, 9.17) is 0 Å². The Balaban J connectivity index is 3.77. The van der Waals surface area contributed by atoms with Crippen molar-refractivity contribution in [2.24, 2.45) is 35.5 Å². The highest BCUT2D eigenvalue weighted by Crippen LogP contribution is 2.29. The van der Waals surface area contributed by atoms with Crippen LogP contribution < -0.4 is 0 Å². The van der Waals surface area contributed by atoms with Gasteiger partial charge in [-0.2, -0.15) is 0 Å². The summed E-state index contributed by atoms with van der Waals surface area (Å²) in [4.78, 5) is 0. The molecule has 0 saturated heterocycles. The van der Waals surface area contributed by atoms with Gasteiger partial charge >= 0.3 is 0 Å². The highest BCUT2D eigenvalue weighted by atomic mass is 14.2. The van der Waals surface area contributed by atoms with E-state index in [9.17, 15) is 0 Å². The maximum absolute atomic E-state index is 2.46. The second kappa shape index (κ2) is 11.6. The highest BCUT2D eigenvalue weighted by molar-refractivity contribution is 4.69. The maximum atomic E-state index is 2.46. The lowest BCUT2D eigenvalue weighted by Crippen LogP contribution is -2.16. The van der Waals surface area contributed by atoms with Crippen LogP contribution in [0.3, 0.4) is 0 Å². The molecule has 128 valence electrons. The first kappa shape index (κ1) is 21.0. The van der Waals surface area contributed by atoms with Crippen LogP contribution in [0.5, 0.6) is 0 Å². The first-order valence-electron chi connectivity index (χ1n) is 9.84. The second-order valence-electron chi connectivity index (χ2n) is 8.08. The van der Waals surface area contributed by atoms with Gasteiger partial charge in [-0.1, -0.05) is 100 Å². The van der Waals surface area contributed by atoms with Gasteiger partial charge in [0.25, 0.3) is 0 Å². The van der Waals surface area contributed by atoms with Gasteiger partial charge in [0.2, 0.25) is 0 Å². The molecule has 0 heteroatoms. The van der Waals surface area contributed by atoms with E-state index in [0.29, 0.717) is 0 Å². The second-order valence-corrected chi connectivity index (χ2v) is 8.08. The molecule has 0 saturated carbocycles. The first-order chi connectivity index (χ1) is 9.84. The van der Waals surface area contributed by atoms with Gasteiger partial charge in [0.05, 0.1) is 0 Å². The van der Waals surface area contributed by atoms with Crippen molar-refractivity contribution >= 4 is 0 Å². The third-order valence-corrected chi connectivity index (χ3v) is 6.70. The van der Waals surface area contributed by atoms with Crippen LogP contribution in [0, 0.1) is 35.5 Å². The summed E-state index contributed by atoms with van der Waals surface area (Å²) in [7, 11) is 0. The summed E-state index contributed by atoms with van der Waals surface area (Å²) in [5.41, 5.74) is 0. The molecule has 0 nitrogen and oxygen atoms in total. The van der Waals surface area contributed by atoms with Crippen LogP contribution in [-0.2, 0) is 0 Å². The van der Waals surface area contributed by atoms with Gasteiger partial charge < -0.3 is 0 Å². The van der Waals surface area contributed by atoms with Crippen molar-refractivity contribution in [2.45, 2.75) is 100 Å². The van der Waals surface area contributed by atoms with Crippen LogP contribution in [0.4, 0.5) is 0 Å². The third kappa shape index (κ3) is 8.27. The number of hydrogen-bond donors (Lipinski definition) is 0. The molecule has 0 aliphatic rings. The minimum atomic E-state index is 0.886. The fourth-order valence-electron chi connectivity index (χ4n) is 3.50. The van der Waals surface area contributed by atoms with Crippen molar-refractivity contribution in [1.82, 2.24) is 0 Å². The average Bonchev–Trinajstić information content (AvgIpc) is 2.50. The molecular formula is C21H44. The van der Waals surface area contributed by atoms with E-state index < -0.39 is 0 Å². The molecule has 0 aromatic heterocycles. The molecule has 0 aromatic carbocycles. The Morgan fingerprint density at radius 3 is 1.10 bits per heavy atom. The van der Waals surface area contributed by atoms with Crippen molar-refractivity contribution in [3.8, 4) is 0 Å². The molecule has 0 heterocycles. The van der Waals surface area contributed by atoms with Crippen LogP contribution in [-0.4, -0.2) is 0 Å². The monoisotopic (exact) mass is 296 g/mol. The summed E-state index contributed by atoms with van der Waals surface area (Å²) in [6, 6.07) is 0. The largest absolute Gasteiger partial charge is 0.0651 e. The molecule has 0 fully saturated rings. The third-order valence-electron chi connectivity index (χ3n) is 6.70. The summed E-state index contributed by atoms with van der Waals surface area (Å²) in [5.74, 6) is 5.35. The van der Waals surface area contributed by atoms with Gasteiger partial charge in [-0.15, -0.1) is 0 Å². The Labute approximate surface area is 136 Å². The van der Waals surface area contributed by atoms with E-state index in [2.05, 4.69) is 55.4 Å². The van der Waals surface area contributed by atoms with Gasteiger partial charge in [-0.3, -0.25) is 0 Å². The summed E-state index contributed by atoms with van der Waals surface area (Å²) in [5, 5.41) is 0. The van der Waals surface area contributed by atoms with Crippen LogP contribution >= 0.6 is 0 Å². The molecule has 0 amide bonds. The zero-order valence-electron chi connectivity index (χ0n) is 16.4. The molecule has 21 heavy (non-hydrogen) atoms. The Morgan fingerprint density at radius 1 is 0.476 bits per heavy atom. The average molecular weight is 297 g/mol. The van der Waals surface area contributed by atoms with Crippen molar-refractivity contribution in [1.29, 1.82) is 0 Å². The zero-order chi connectivity index (χ0) is 16.4. The molecule has 0 N–H and O–H groups in total. The smallest absolute Gasteiger partial charge is 0.0391 e. The fourth-order valence-corrected chi connectivity index (χ4v) is 3.50. The molecule has 0 aromatic rings. The SMILES string of the molecule is CCC(C)C(C)C(C)CCCCCC(C)C(C)C(C)CC. The van der Waals surface area contributed by atoms with E-state index in [1.807, 2.05) is 0 Å². The standard InChI is InChI=1S/C21H44/c1-9-16(3)20(7)18(5)14-12-11-13-15-19(6)21(8)17(4)10-2/h16-21H,9-15H2,1-8H3.